The number of hydrogen-bond donors (Lipinski definition) is 2. The van der Waals surface area contributed by atoms with Crippen LogP contribution in [-0.4, -0.2) is 28.0 Å². The summed E-state index contributed by atoms with van der Waals surface area (Å²) in [7, 11) is 1.27. The van der Waals surface area contributed by atoms with Crippen LogP contribution in [0.5, 0.6) is 0 Å². The van der Waals surface area contributed by atoms with Gasteiger partial charge < -0.3 is 10.4 Å². The molecule has 0 spiro atoms. The fourth-order valence-corrected chi connectivity index (χ4v) is 1.28. The second-order valence-corrected chi connectivity index (χ2v) is 2.96. The van der Waals surface area contributed by atoms with E-state index in [-0.39, 0.29) is 5.69 Å². The molecule has 0 saturated heterocycles. The van der Waals surface area contributed by atoms with Crippen molar-refractivity contribution < 1.29 is 19.7 Å². The molecule has 0 atom stereocenters. The minimum absolute atomic E-state index is 0.329. The number of nitro benzene ring substituents is 2. The summed E-state index contributed by atoms with van der Waals surface area (Å²) in [5, 5.41) is 32.4. The van der Waals surface area contributed by atoms with Gasteiger partial charge >= 0.3 is 5.97 Å². The number of carbonyl (C=O) groups is 1. The molecule has 0 unspecified atom stereocenters. The first-order valence-electron chi connectivity index (χ1n) is 4.26. The molecule has 0 aliphatic carbocycles. The van der Waals surface area contributed by atoms with Crippen LogP contribution in [0.4, 0.5) is 17.1 Å². The molecule has 1 aromatic rings. The van der Waals surface area contributed by atoms with Crippen LogP contribution < -0.4 is 5.32 Å². The standard InChI is InChI=1S/C8H7N3O6/c1-9-7-5(10(14)15)2-4(8(12)13)3-6(7)11(16)17/h2-3,9H,1H3,(H,12,13). The van der Waals surface area contributed by atoms with Crippen molar-refractivity contribution in [3.8, 4) is 0 Å². The van der Waals surface area contributed by atoms with Crippen LogP contribution in [0, 0.1) is 20.2 Å². The van der Waals surface area contributed by atoms with Crippen LogP contribution in [-0.2, 0) is 0 Å². The molecule has 17 heavy (non-hydrogen) atoms. The zero-order valence-corrected chi connectivity index (χ0v) is 8.54. The maximum Gasteiger partial charge on any atom is 0.336 e. The van der Waals surface area contributed by atoms with E-state index in [1.165, 1.54) is 7.05 Å². The van der Waals surface area contributed by atoms with Crippen LogP contribution in [0.3, 0.4) is 0 Å². The third kappa shape index (κ3) is 2.27. The van der Waals surface area contributed by atoms with Gasteiger partial charge in [-0.2, -0.15) is 0 Å². The average Bonchev–Trinajstić information content (AvgIpc) is 2.26. The lowest BCUT2D eigenvalue weighted by Crippen LogP contribution is -2.05. The summed E-state index contributed by atoms with van der Waals surface area (Å²) in [4.78, 5) is 30.3. The Hall–Kier alpha value is -2.71. The smallest absolute Gasteiger partial charge is 0.336 e. The third-order valence-corrected chi connectivity index (χ3v) is 1.99. The molecule has 0 amide bonds. The molecule has 0 heterocycles. The summed E-state index contributed by atoms with van der Waals surface area (Å²) in [6.45, 7) is 0. The highest BCUT2D eigenvalue weighted by Crippen LogP contribution is 2.35. The van der Waals surface area contributed by atoms with Gasteiger partial charge in [-0.1, -0.05) is 0 Å². The Morgan fingerprint density at radius 2 is 1.65 bits per heavy atom. The molecule has 9 nitrogen and oxygen atoms in total. The molecule has 9 heteroatoms. The van der Waals surface area contributed by atoms with Crippen molar-refractivity contribution in [2.75, 3.05) is 12.4 Å². The number of nitrogens with one attached hydrogen (secondary N) is 1. The normalized spacial score (nSPS) is 9.71. The first-order chi connectivity index (χ1) is 7.88. The maximum absolute atomic E-state index is 10.7. The van der Waals surface area contributed by atoms with E-state index in [0.29, 0.717) is 0 Å². The van der Waals surface area contributed by atoms with Gasteiger partial charge in [0.05, 0.1) is 15.4 Å². The molecule has 0 aliphatic heterocycles. The van der Waals surface area contributed by atoms with Gasteiger partial charge in [-0.3, -0.25) is 20.2 Å². The summed E-state index contributed by atoms with van der Waals surface area (Å²) < 4.78 is 0. The quantitative estimate of drug-likeness (QED) is 0.597. The molecule has 0 radical (unpaired) electrons. The second kappa shape index (κ2) is 4.43. The predicted octanol–water partition coefficient (Wildman–Crippen LogP) is 1.24. The molecule has 0 bridgehead atoms. The van der Waals surface area contributed by atoms with Crippen molar-refractivity contribution in [3.63, 3.8) is 0 Å². The molecule has 1 aromatic carbocycles. The number of hydrogen-bond acceptors (Lipinski definition) is 6. The van der Waals surface area contributed by atoms with Crippen molar-refractivity contribution in [1.82, 2.24) is 0 Å². The summed E-state index contributed by atoms with van der Waals surface area (Å²) in [5.41, 5.74) is -2.15. The van der Waals surface area contributed by atoms with Crippen LogP contribution >= 0.6 is 0 Å². The Morgan fingerprint density at radius 1 is 1.24 bits per heavy atom. The van der Waals surface area contributed by atoms with Crippen molar-refractivity contribution in [2.45, 2.75) is 0 Å². The van der Waals surface area contributed by atoms with E-state index in [9.17, 15) is 25.0 Å². The van der Waals surface area contributed by atoms with Crippen molar-refractivity contribution in [3.05, 3.63) is 37.9 Å². The third-order valence-electron chi connectivity index (χ3n) is 1.99. The predicted molar refractivity (Wildman–Crippen MR) is 56.3 cm³/mol. The monoisotopic (exact) mass is 241 g/mol. The van der Waals surface area contributed by atoms with E-state index < -0.39 is 32.8 Å². The van der Waals surface area contributed by atoms with Gasteiger partial charge in [-0.15, -0.1) is 0 Å². The van der Waals surface area contributed by atoms with Gasteiger partial charge in [0.1, 0.15) is 0 Å². The number of carboxylic acids is 1. The van der Waals surface area contributed by atoms with Gasteiger partial charge in [-0.25, -0.2) is 4.79 Å². The van der Waals surface area contributed by atoms with E-state index in [2.05, 4.69) is 5.32 Å². The Balaban J connectivity index is 3.63. The highest BCUT2D eigenvalue weighted by Gasteiger charge is 2.27. The molecule has 1 rings (SSSR count). The molecular formula is C8H7N3O6. The summed E-state index contributed by atoms with van der Waals surface area (Å²) in [5.74, 6) is -1.47. The van der Waals surface area contributed by atoms with Gasteiger partial charge in [0.25, 0.3) is 11.4 Å². The Labute approximate surface area is 94.0 Å². The van der Waals surface area contributed by atoms with Crippen LogP contribution in [0.15, 0.2) is 12.1 Å². The minimum Gasteiger partial charge on any atom is -0.478 e. The van der Waals surface area contributed by atoms with Crippen molar-refractivity contribution in [2.24, 2.45) is 0 Å². The number of carboxylic acid groups (broad SMARTS) is 1. The zero-order valence-electron chi connectivity index (χ0n) is 8.54. The van der Waals surface area contributed by atoms with Gasteiger partial charge in [-0.05, 0) is 0 Å². The number of benzene rings is 1. The van der Waals surface area contributed by atoms with Gasteiger partial charge in [0, 0.05) is 19.2 Å². The first-order valence-corrected chi connectivity index (χ1v) is 4.26. The Kier molecular flexibility index (Phi) is 3.22. The number of nitrogens with zero attached hydrogens (tertiary/aromatic N) is 2. The highest BCUT2D eigenvalue weighted by molar-refractivity contribution is 5.92. The number of anilines is 1. The van der Waals surface area contributed by atoms with Crippen LogP contribution in [0.2, 0.25) is 0 Å². The minimum atomic E-state index is -1.47. The maximum atomic E-state index is 10.7. The van der Waals surface area contributed by atoms with Gasteiger partial charge in [0.15, 0.2) is 5.69 Å². The summed E-state index contributed by atoms with van der Waals surface area (Å²) in [6, 6.07) is 1.53. The van der Waals surface area contributed by atoms with E-state index >= 15 is 0 Å². The van der Waals surface area contributed by atoms with E-state index in [1.807, 2.05) is 0 Å². The SMILES string of the molecule is CNc1c([N+](=O)[O-])cc(C(=O)O)cc1[N+](=O)[O-]. The average molecular weight is 241 g/mol. The van der Waals surface area contributed by atoms with Crippen LogP contribution in [0.1, 0.15) is 10.4 Å². The molecule has 0 saturated carbocycles. The molecule has 2 N–H and O–H groups in total. The van der Waals surface area contributed by atoms with Crippen molar-refractivity contribution >= 4 is 23.0 Å². The highest BCUT2D eigenvalue weighted by atomic mass is 16.6. The van der Waals surface area contributed by atoms with E-state index in [1.54, 1.807) is 0 Å². The summed E-state index contributed by atoms with van der Waals surface area (Å²) >= 11 is 0. The molecule has 0 fully saturated rings. The van der Waals surface area contributed by atoms with Crippen LogP contribution in [0.25, 0.3) is 0 Å². The van der Waals surface area contributed by atoms with Crippen molar-refractivity contribution in [1.29, 1.82) is 0 Å². The molecule has 90 valence electrons. The number of aromatic carboxylic acids is 1. The fraction of sp³-hybridized carbons (Fsp3) is 0.125. The molecular weight excluding hydrogens is 234 g/mol. The number of nitro groups is 2. The van der Waals surface area contributed by atoms with E-state index in [0.717, 1.165) is 12.1 Å². The molecule has 0 aliphatic rings. The molecule has 0 aromatic heterocycles. The zero-order chi connectivity index (χ0) is 13.2. The Morgan fingerprint density at radius 3 is 1.88 bits per heavy atom. The first kappa shape index (κ1) is 12.4. The van der Waals surface area contributed by atoms with Gasteiger partial charge in [0.2, 0.25) is 0 Å². The fourth-order valence-electron chi connectivity index (χ4n) is 1.28. The summed E-state index contributed by atoms with van der Waals surface area (Å²) in [6.07, 6.45) is 0. The lowest BCUT2D eigenvalue weighted by molar-refractivity contribution is -0.392. The number of rotatable bonds is 4. The largest absolute Gasteiger partial charge is 0.478 e. The second-order valence-electron chi connectivity index (χ2n) is 2.96. The topological polar surface area (TPSA) is 136 Å². The lowest BCUT2D eigenvalue weighted by atomic mass is 10.1. The lowest BCUT2D eigenvalue weighted by Gasteiger charge is -2.04. The van der Waals surface area contributed by atoms with E-state index in [4.69, 9.17) is 5.11 Å². The Bertz CT molecular complexity index is 477.